The first-order chi connectivity index (χ1) is 17.4. The van der Waals surface area contributed by atoms with Gasteiger partial charge in [0.1, 0.15) is 18.0 Å². The van der Waals surface area contributed by atoms with Gasteiger partial charge in [-0.15, -0.1) is 0 Å². The van der Waals surface area contributed by atoms with Gasteiger partial charge in [-0.2, -0.15) is 5.26 Å². The van der Waals surface area contributed by atoms with Gasteiger partial charge in [-0.05, 0) is 69.3 Å². The van der Waals surface area contributed by atoms with Crippen molar-refractivity contribution < 1.29 is 14.7 Å². The van der Waals surface area contributed by atoms with Crippen LogP contribution in [0.4, 0.5) is 11.5 Å². The van der Waals surface area contributed by atoms with E-state index in [-0.39, 0.29) is 6.17 Å². The summed E-state index contributed by atoms with van der Waals surface area (Å²) in [5, 5.41) is 22.5. The molecule has 186 valence electrons. The van der Waals surface area contributed by atoms with Crippen LogP contribution < -0.4 is 10.2 Å². The Labute approximate surface area is 210 Å². The molecule has 1 aromatic carbocycles. The molecule has 9 heteroatoms. The van der Waals surface area contributed by atoms with Gasteiger partial charge >= 0.3 is 5.97 Å². The standard InChI is InChI=1S/C27H30N6O3/c1-4-27-13-12-22(32(18-34)24-7-5-6-14-29-24)15-23(27)33(19(2)26(35)36)25(31(27)3)17-30-21-10-8-20(16-28)9-11-21/h5-12,14-15,18-19,25,30H,4,13,17H2,1-3H3,(H,35,36)/t19-,25-,27+/m0/s1. The number of amides is 1. The SMILES string of the molecule is CC[C@@]12CC=C(N(C=O)c3ccccn3)C=C1N([C@@H](C)C(=O)O)[C@@H](CNc1ccc(C#N)cc1)N2C. The molecule has 1 amide bonds. The number of pyridine rings is 1. The lowest BCUT2D eigenvalue weighted by Crippen LogP contribution is -2.50. The molecule has 1 saturated heterocycles. The van der Waals surface area contributed by atoms with E-state index in [9.17, 15) is 14.7 Å². The average Bonchev–Trinajstić information content (AvgIpc) is 3.15. The van der Waals surface area contributed by atoms with Crippen LogP contribution in [-0.4, -0.2) is 63.6 Å². The fourth-order valence-electron chi connectivity index (χ4n) is 5.16. The Morgan fingerprint density at radius 1 is 1.36 bits per heavy atom. The van der Waals surface area contributed by atoms with Gasteiger partial charge in [0.25, 0.3) is 0 Å². The Morgan fingerprint density at radius 3 is 2.69 bits per heavy atom. The Kier molecular flexibility index (Phi) is 7.08. The zero-order chi connectivity index (χ0) is 25.9. The van der Waals surface area contributed by atoms with E-state index in [4.69, 9.17) is 5.26 Å². The second-order valence-corrected chi connectivity index (χ2v) is 8.99. The van der Waals surface area contributed by atoms with Gasteiger partial charge in [0, 0.05) is 29.8 Å². The van der Waals surface area contributed by atoms with Crippen molar-refractivity contribution in [1.29, 1.82) is 5.26 Å². The fourth-order valence-corrected chi connectivity index (χ4v) is 5.16. The van der Waals surface area contributed by atoms with E-state index in [1.807, 2.05) is 42.3 Å². The number of fused-ring (bicyclic) bond motifs is 1. The van der Waals surface area contributed by atoms with Gasteiger partial charge in [-0.1, -0.05) is 19.1 Å². The van der Waals surface area contributed by atoms with Crippen molar-refractivity contribution in [3.8, 4) is 6.07 Å². The van der Waals surface area contributed by atoms with E-state index in [1.165, 1.54) is 4.90 Å². The molecular weight excluding hydrogens is 456 g/mol. The largest absolute Gasteiger partial charge is 0.480 e. The Bertz CT molecular complexity index is 1220. The quantitative estimate of drug-likeness (QED) is 0.519. The van der Waals surface area contributed by atoms with Crippen LogP contribution >= 0.6 is 0 Å². The van der Waals surface area contributed by atoms with Crippen molar-refractivity contribution in [3.05, 3.63) is 77.8 Å². The second-order valence-electron chi connectivity index (χ2n) is 8.99. The van der Waals surface area contributed by atoms with E-state index in [0.717, 1.165) is 24.2 Å². The normalized spacial score (nSPS) is 22.1. The number of nitriles is 1. The molecular formula is C27H30N6O3. The van der Waals surface area contributed by atoms with Crippen LogP contribution in [0.25, 0.3) is 0 Å². The molecule has 0 spiro atoms. The first-order valence-corrected chi connectivity index (χ1v) is 11.9. The molecule has 0 bridgehead atoms. The Hall–Kier alpha value is -4.16. The number of aromatic nitrogens is 1. The molecule has 0 saturated carbocycles. The van der Waals surface area contributed by atoms with Crippen LogP contribution in [-0.2, 0) is 9.59 Å². The highest BCUT2D eigenvalue weighted by Crippen LogP contribution is 2.47. The zero-order valence-electron chi connectivity index (χ0n) is 20.6. The summed E-state index contributed by atoms with van der Waals surface area (Å²) in [6.45, 7) is 4.25. The minimum atomic E-state index is -0.923. The smallest absolute Gasteiger partial charge is 0.326 e. The summed E-state index contributed by atoms with van der Waals surface area (Å²) in [6.07, 6.45) is 7.43. The number of carboxylic acid groups (broad SMARTS) is 1. The number of aliphatic carboxylic acids is 1. The van der Waals surface area contributed by atoms with E-state index in [0.29, 0.717) is 30.0 Å². The van der Waals surface area contributed by atoms with E-state index in [1.54, 1.807) is 37.4 Å². The molecule has 9 nitrogen and oxygen atoms in total. The lowest BCUT2D eigenvalue weighted by molar-refractivity contribution is -0.142. The van der Waals surface area contributed by atoms with Crippen molar-refractivity contribution in [2.45, 2.75) is 44.4 Å². The average molecular weight is 487 g/mol. The van der Waals surface area contributed by atoms with Gasteiger partial charge in [0.2, 0.25) is 6.41 Å². The Morgan fingerprint density at radius 2 is 2.11 bits per heavy atom. The second kappa shape index (κ2) is 10.2. The summed E-state index contributed by atoms with van der Waals surface area (Å²) in [7, 11) is 2.02. The van der Waals surface area contributed by atoms with Crippen LogP contribution in [0.15, 0.2) is 72.2 Å². The lowest BCUT2D eigenvalue weighted by atomic mass is 9.83. The molecule has 4 rings (SSSR count). The van der Waals surface area contributed by atoms with Crippen molar-refractivity contribution in [2.75, 3.05) is 23.8 Å². The summed E-state index contributed by atoms with van der Waals surface area (Å²) in [6, 6.07) is 13.9. The minimum absolute atomic E-state index is 0.259. The molecule has 0 unspecified atom stereocenters. The highest BCUT2D eigenvalue weighted by atomic mass is 16.4. The third kappa shape index (κ3) is 4.32. The summed E-state index contributed by atoms with van der Waals surface area (Å²) in [5.41, 5.74) is 2.55. The summed E-state index contributed by atoms with van der Waals surface area (Å²) in [5.74, 6) is -0.421. The third-order valence-electron chi connectivity index (χ3n) is 7.27. The summed E-state index contributed by atoms with van der Waals surface area (Å²) >= 11 is 0. The summed E-state index contributed by atoms with van der Waals surface area (Å²) in [4.78, 5) is 34.3. The maximum absolute atomic E-state index is 12.2. The van der Waals surface area contributed by atoms with Crippen LogP contribution in [0.5, 0.6) is 0 Å². The molecule has 36 heavy (non-hydrogen) atoms. The number of rotatable bonds is 9. The third-order valence-corrected chi connectivity index (χ3v) is 7.27. The Balaban J connectivity index is 1.71. The van der Waals surface area contributed by atoms with Crippen molar-refractivity contribution in [3.63, 3.8) is 0 Å². The maximum Gasteiger partial charge on any atom is 0.326 e. The molecule has 2 heterocycles. The monoisotopic (exact) mass is 486 g/mol. The van der Waals surface area contributed by atoms with Crippen molar-refractivity contribution in [2.24, 2.45) is 0 Å². The summed E-state index contributed by atoms with van der Waals surface area (Å²) < 4.78 is 0. The molecule has 1 aliphatic carbocycles. The number of carbonyl (C=O) groups excluding carboxylic acids is 1. The molecule has 1 fully saturated rings. The van der Waals surface area contributed by atoms with Crippen molar-refractivity contribution >= 4 is 23.9 Å². The van der Waals surface area contributed by atoms with Gasteiger partial charge in [-0.3, -0.25) is 14.6 Å². The molecule has 1 aliphatic heterocycles. The van der Waals surface area contributed by atoms with Gasteiger partial charge in [0.05, 0.1) is 17.2 Å². The minimum Gasteiger partial charge on any atom is -0.480 e. The van der Waals surface area contributed by atoms with Crippen LogP contribution in [0, 0.1) is 11.3 Å². The number of benzene rings is 1. The van der Waals surface area contributed by atoms with E-state index in [2.05, 4.69) is 28.2 Å². The number of carbonyl (C=O) groups is 2. The van der Waals surface area contributed by atoms with Crippen LogP contribution in [0.1, 0.15) is 32.3 Å². The molecule has 2 aromatic rings. The predicted molar refractivity (Wildman–Crippen MR) is 137 cm³/mol. The van der Waals surface area contributed by atoms with Crippen LogP contribution in [0.2, 0.25) is 0 Å². The topological polar surface area (TPSA) is 113 Å². The fraction of sp³-hybridized carbons (Fsp3) is 0.333. The number of nitrogens with zero attached hydrogens (tertiary/aromatic N) is 5. The molecule has 2 N–H and O–H groups in total. The highest BCUT2D eigenvalue weighted by molar-refractivity contribution is 5.80. The lowest BCUT2D eigenvalue weighted by Gasteiger charge is -2.39. The first kappa shape index (κ1) is 24.9. The van der Waals surface area contributed by atoms with Crippen molar-refractivity contribution in [1.82, 2.24) is 14.8 Å². The van der Waals surface area contributed by atoms with Gasteiger partial charge < -0.3 is 15.3 Å². The number of allylic oxidation sites excluding steroid dienone is 1. The zero-order valence-corrected chi connectivity index (χ0v) is 20.6. The molecule has 3 atom stereocenters. The van der Waals surface area contributed by atoms with Crippen LogP contribution in [0.3, 0.4) is 0 Å². The predicted octanol–water partition coefficient (Wildman–Crippen LogP) is 3.40. The number of carboxylic acids is 1. The van der Waals surface area contributed by atoms with E-state index >= 15 is 0 Å². The molecule has 2 aliphatic rings. The number of nitrogens with one attached hydrogen (secondary N) is 1. The van der Waals surface area contributed by atoms with Gasteiger partial charge in [-0.25, -0.2) is 9.78 Å². The first-order valence-electron chi connectivity index (χ1n) is 11.9. The number of likely N-dealkylation sites (N-methyl/N-ethyl adjacent to an activating group) is 1. The molecule has 0 radical (unpaired) electrons. The number of anilines is 2. The van der Waals surface area contributed by atoms with E-state index < -0.39 is 17.6 Å². The number of hydrogen-bond donors (Lipinski definition) is 2. The highest BCUT2D eigenvalue weighted by Gasteiger charge is 2.54. The van der Waals surface area contributed by atoms with Gasteiger partial charge in [0.15, 0.2) is 0 Å². The number of hydrogen-bond acceptors (Lipinski definition) is 7. The maximum atomic E-state index is 12.2. The molecule has 1 aromatic heterocycles.